The molecule has 1 N–H and O–H groups in total. The largest absolute Gasteiger partial charge is 0.367 e. The van der Waals surface area contributed by atoms with Crippen molar-refractivity contribution in [3.05, 3.63) is 29.3 Å². The van der Waals surface area contributed by atoms with Crippen LogP contribution in [0.15, 0.2) is 24.3 Å². The lowest BCUT2D eigenvalue weighted by Crippen LogP contribution is -2.31. The van der Waals surface area contributed by atoms with Gasteiger partial charge in [-0.15, -0.1) is 0 Å². The summed E-state index contributed by atoms with van der Waals surface area (Å²) >= 11 is 6.25. The van der Waals surface area contributed by atoms with Crippen LogP contribution in [0.1, 0.15) is 19.3 Å². The van der Waals surface area contributed by atoms with Gasteiger partial charge in [-0.25, -0.2) is 0 Å². The Bertz CT molecular complexity index is 340. The third-order valence-electron chi connectivity index (χ3n) is 3.27. The maximum absolute atomic E-state index is 6.25. The van der Waals surface area contributed by atoms with Gasteiger partial charge in [0.25, 0.3) is 0 Å². The first-order chi connectivity index (χ1) is 7.83. The van der Waals surface area contributed by atoms with Crippen LogP contribution in [0.5, 0.6) is 0 Å². The van der Waals surface area contributed by atoms with Crippen molar-refractivity contribution in [1.29, 1.82) is 0 Å². The van der Waals surface area contributed by atoms with Crippen LogP contribution in [-0.2, 0) is 0 Å². The lowest BCUT2D eigenvalue weighted by Gasteiger charge is -2.27. The van der Waals surface area contributed by atoms with Crippen LogP contribution >= 0.6 is 11.6 Å². The van der Waals surface area contributed by atoms with E-state index < -0.39 is 0 Å². The van der Waals surface area contributed by atoms with Gasteiger partial charge in [0.05, 0.1) is 10.7 Å². The first kappa shape index (κ1) is 11.7. The predicted octanol–water partition coefficient (Wildman–Crippen LogP) is 2.92. The quantitative estimate of drug-likeness (QED) is 0.868. The Morgan fingerprint density at radius 1 is 1.44 bits per heavy atom. The van der Waals surface area contributed by atoms with Crippen molar-refractivity contribution in [3.8, 4) is 0 Å². The SMILES string of the molecule is CNCCC1CCCN1c1ccccc1Cl. The van der Waals surface area contributed by atoms with Gasteiger partial charge >= 0.3 is 0 Å². The van der Waals surface area contributed by atoms with Gasteiger partial charge in [-0.2, -0.15) is 0 Å². The summed E-state index contributed by atoms with van der Waals surface area (Å²) in [4.78, 5) is 2.46. The summed E-state index contributed by atoms with van der Waals surface area (Å²) in [6.07, 6.45) is 3.76. The van der Waals surface area contributed by atoms with E-state index in [9.17, 15) is 0 Å². The Labute approximate surface area is 103 Å². The van der Waals surface area contributed by atoms with Gasteiger partial charge < -0.3 is 10.2 Å². The van der Waals surface area contributed by atoms with Gasteiger partial charge in [0.1, 0.15) is 0 Å². The summed E-state index contributed by atoms with van der Waals surface area (Å²) < 4.78 is 0. The molecule has 16 heavy (non-hydrogen) atoms. The van der Waals surface area contributed by atoms with Crippen LogP contribution in [0.3, 0.4) is 0 Å². The van der Waals surface area contributed by atoms with Crippen molar-refractivity contribution in [1.82, 2.24) is 5.32 Å². The number of anilines is 1. The first-order valence-corrected chi connectivity index (χ1v) is 6.36. The van der Waals surface area contributed by atoms with E-state index >= 15 is 0 Å². The lowest BCUT2D eigenvalue weighted by molar-refractivity contribution is 0.585. The van der Waals surface area contributed by atoms with Gasteiger partial charge in [-0.3, -0.25) is 0 Å². The predicted molar refractivity (Wildman–Crippen MR) is 70.4 cm³/mol. The molecule has 0 bridgehead atoms. The summed E-state index contributed by atoms with van der Waals surface area (Å²) in [6, 6.07) is 8.80. The molecule has 1 unspecified atom stereocenters. The van der Waals surface area contributed by atoms with Crippen LogP contribution < -0.4 is 10.2 Å². The van der Waals surface area contributed by atoms with E-state index in [4.69, 9.17) is 11.6 Å². The van der Waals surface area contributed by atoms with Gasteiger partial charge in [0.15, 0.2) is 0 Å². The minimum absolute atomic E-state index is 0.646. The highest BCUT2D eigenvalue weighted by Crippen LogP contribution is 2.32. The fourth-order valence-corrected chi connectivity index (χ4v) is 2.69. The maximum atomic E-state index is 6.25. The molecule has 88 valence electrons. The molecule has 1 aliphatic heterocycles. The second-order valence-corrected chi connectivity index (χ2v) is 4.74. The van der Waals surface area contributed by atoms with Crippen molar-refractivity contribution in [2.75, 3.05) is 25.0 Å². The zero-order chi connectivity index (χ0) is 11.4. The van der Waals surface area contributed by atoms with E-state index in [1.165, 1.54) is 24.9 Å². The average Bonchev–Trinajstić information content (AvgIpc) is 2.75. The van der Waals surface area contributed by atoms with Crippen LogP contribution in [0.2, 0.25) is 5.02 Å². The van der Waals surface area contributed by atoms with E-state index in [1.807, 2.05) is 19.2 Å². The van der Waals surface area contributed by atoms with E-state index in [0.717, 1.165) is 18.1 Å². The second kappa shape index (κ2) is 5.55. The molecule has 1 heterocycles. The maximum Gasteiger partial charge on any atom is 0.0639 e. The molecule has 1 fully saturated rings. The molecule has 1 aliphatic rings. The van der Waals surface area contributed by atoms with E-state index in [2.05, 4.69) is 22.3 Å². The molecular formula is C13H19ClN2. The highest BCUT2D eigenvalue weighted by Gasteiger charge is 2.25. The third-order valence-corrected chi connectivity index (χ3v) is 3.59. The van der Waals surface area contributed by atoms with E-state index in [0.29, 0.717) is 6.04 Å². The Morgan fingerprint density at radius 2 is 2.25 bits per heavy atom. The monoisotopic (exact) mass is 238 g/mol. The van der Waals surface area contributed by atoms with Crippen molar-refractivity contribution in [2.45, 2.75) is 25.3 Å². The van der Waals surface area contributed by atoms with Crippen LogP contribution in [0.4, 0.5) is 5.69 Å². The van der Waals surface area contributed by atoms with Crippen molar-refractivity contribution >= 4 is 17.3 Å². The molecule has 2 nitrogen and oxygen atoms in total. The van der Waals surface area contributed by atoms with Crippen LogP contribution in [0.25, 0.3) is 0 Å². The molecule has 1 aromatic carbocycles. The van der Waals surface area contributed by atoms with Gasteiger partial charge in [0, 0.05) is 12.6 Å². The molecule has 0 amide bonds. The minimum Gasteiger partial charge on any atom is -0.367 e. The second-order valence-electron chi connectivity index (χ2n) is 4.33. The third kappa shape index (κ3) is 2.50. The van der Waals surface area contributed by atoms with Gasteiger partial charge in [-0.05, 0) is 45.0 Å². The fraction of sp³-hybridized carbons (Fsp3) is 0.538. The normalized spacial score (nSPS) is 20.4. The number of nitrogens with one attached hydrogen (secondary N) is 1. The summed E-state index contributed by atoms with van der Waals surface area (Å²) in [5.74, 6) is 0. The number of para-hydroxylation sites is 1. The number of hydrogen-bond donors (Lipinski definition) is 1. The minimum atomic E-state index is 0.646. The molecule has 2 rings (SSSR count). The Hall–Kier alpha value is -0.730. The number of halogens is 1. The lowest BCUT2D eigenvalue weighted by atomic mass is 10.1. The zero-order valence-corrected chi connectivity index (χ0v) is 10.5. The fourth-order valence-electron chi connectivity index (χ4n) is 2.45. The molecule has 0 saturated carbocycles. The van der Waals surface area contributed by atoms with Crippen molar-refractivity contribution < 1.29 is 0 Å². The van der Waals surface area contributed by atoms with E-state index in [1.54, 1.807) is 0 Å². The molecule has 0 aromatic heterocycles. The smallest absolute Gasteiger partial charge is 0.0639 e. The zero-order valence-electron chi connectivity index (χ0n) is 9.75. The van der Waals surface area contributed by atoms with Crippen molar-refractivity contribution in [3.63, 3.8) is 0 Å². The molecule has 1 atom stereocenters. The number of benzene rings is 1. The Kier molecular flexibility index (Phi) is 4.08. The molecule has 0 aliphatic carbocycles. The molecule has 0 spiro atoms. The Morgan fingerprint density at radius 3 is 3.00 bits per heavy atom. The molecule has 3 heteroatoms. The van der Waals surface area contributed by atoms with Gasteiger partial charge in [-0.1, -0.05) is 23.7 Å². The van der Waals surface area contributed by atoms with Crippen LogP contribution in [-0.4, -0.2) is 26.2 Å². The average molecular weight is 239 g/mol. The first-order valence-electron chi connectivity index (χ1n) is 5.98. The summed E-state index contributed by atoms with van der Waals surface area (Å²) in [7, 11) is 2.01. The summed E-state index contributed by atoms with van der Waals surface area (Å²) in [5, 5.41) is 4.10. The molecule has 0 radical (unpaired) electrons. The Balaban J connectivity index is 2.10. The highest BCUT2D eigenvalue weighted by atomic mass is 35.5. The summed E-state index contributed by atoms with van der Waals surface area (Å²) in [5.41, 5.74) is 1.20. The molecular weight excluding hydrogens is 220 g/mol. The van der Waals surface area contributed by atoms with E-state index in [-0.39, 0.29) is 0 Å². The highest BCUT2D eigenvalue weighted by molar-refractivity contribution is 6.33. The number of hydrogen-bond acceptors (Lipinski definition) is 2. The summed E-state index contributed by atoms with van der Waals surface area (Å²) in [6.45, 7) is 2.21. The standard InChI is InChI=1S/C13H19ClN2/c1-15-9-8-11-5-4-10-16(11)13-7-3-2-6-12(13)14/h2-3,6-7,11,15H,4-5,8-10H2,1H3. The topological polar surface area (TPSA) is 15.3 Å². The molecule has 1 saturated heterocycles. The number of nitrogens with zero attached hydrogens (tertiary/aromatic N) is 1. The van der Waals surface area contributed by atoms with Crippen LogP contribution in [0, 0.1) is 0 Å². The van der Waals surface area contributed by atoms with Gasteiger partial charge in [0.2, 0.25) is 0 Å². The number of rotatable bonds is 4. The van der Waals surface area contributed by atoms with Crippen molar-refractivity contribution in [2.24, 2.45) is 0 Å². The molecule has 1 aromatic rings.